The number of aromatic carboxylic acids is 1. The van der Waals surface area contributed by atoms with Crippen molar-refractivity contribution in [2.24, 2.45) is 0 Å². The summed E-state index contributed by atoms with van der Waals surface area (Å²) < 4.78 is 0. The number of hydrogen-bond donors (Lipinski definition) is 2. The van der Waals surface area contributed by atoms with Crippen LogP contribution in [0.15, 0.2) is 29.6 Å². The molecular formula is C12H11NO3S2. The molecular weight excluding hydrogens is 270 g/mol. The Hall–Kier alpha value is -1.66. The summed E-state index contributed by atoms with van der Waals surface area (Å²) in [5.41, 5.74) is 0. The van der Waals surface area contributed by atoms with Crippen LogP contribution in [0.2, 0.25) is 0 Å². The lowest BCUT2D eigenvalue weighted by Crippen LogP contribution is -2.25. The summed E-state index contributed by atoms with van der Waals surface area (Å²) in [6, 6.07) is 6.78. The molecule has 2 rings (SSSR count). The molecule has 0 fully saturated rings. The van der Waals surface area contributed by atoms with Gasteiger partial charge in [-0.05, 0) is 30.5 Å². The molecule has 4 nitrogen and oxygen atoms in total. The number of thiophene rings is 2. The van der Waals surface area contributed by atoms with Crippen molar-refractivity contribution >= 4 is 34.6 Å². The molecule has 18 heavy (non-hydrogen) atoms. The van der Waals surface area contributed by atoms with Crippen molar-refractivity contribution in [3.63, 3.8) is 0 Å². The monoisotopic (exact) mass is 281 g/mol. The molecule has 2 heterocycles. The van der Waals surface area contributed by atoms with E-state index in [2.05, 4.69) is 5.32 Å². The Bertz CT molecular complexity index is 560. The van der Waals surface area contributed by atoms with E-state index in [1.807, 2.05) is 24.4 Å². The molecule has 0 saturated heterocycles. The van der Waals surface area contributed by atoms with Crippen molar-refractivity contribution < 1.29 is 14.7 Å². The average molecular weight is 281 g/mol. The van der Waals surface area contributed by atoms with Crippen LogP contribution in [0.1, 0.15) is 37.2 Å². The van der Waals surface area contributed by atoms with Crippen molar-refractivity contribution in [1.82, 2.24) is 5.32 Å². The Balaban J connectivity index is 2.05. The largest absolute Gasteiger partial charge is 0.477 e. The van der Waals surface area contributed by atoms with Gasteiger partial charge in [0.1, 0.15) is 4.88 Å². The Morgan fingerprint density at radius 1 is 1.28 bits per heavy atom. The Labute approximate surface area is 112 Å². The van der Waals surface area contributed by atoms with Crippen LogP contribution in [0.25, 0.3) is 0 Å². The molecule has 0 bridgehead atoms. The third-order valence-electron chi connectivity index (χ3n) is 2.36. The van der Waals surface area contributed by atoms with E-state index in [1.54, 1.807) is 11.3 Å². The van der Waals surface area contributed by atoms with Gasteiger partial charge in [-0.3, -0.25) is 4.79 Å². The minimum Gasteiger partial charge on any atom is -0.477 e. The SMILES string of the molecule is CC(NC(=O)c1ccc(C(=O)O)s1)c1cccs1. The third-order valence-corrected chi connectivity index (χ3v) is 4.49. The van der Waals surface area contributed by atoms with Gasteiger partial charge in [0.2, 0.25) is 0 Å². The van der Waals surface area contributed by atoms with Crippen molar-refractivity contribution in [2.75, 3.05) is 0 Å². The zero-order chi connectivity index (χ0) is 13.1. The van der Waals surface area contributed by atoms with Gasteiger partial charge < -0.3 is 10.4 Å². The van der Waals surface area contributed by atoms with Gasteiger partial charge in [0.15, 0.2) is 0 Å². The second kappa shape index (κ2) is 5.32. The predicted molar refractivity (Wildman–Crippen MR) is 71.5 cm³/mol. The van der Waals surface area contributed by atoms with Gasteiger partial charge >= 0.3 is 5.97 Å². The van der Waals surface area contributed by atoms with Crippen molar-refractivity contribution in [1.29, 1.82) is 0 Å². The molecule has 94 valence electrons. The average Bonchev–Trinajstić information content (AvgIpc) is 3.00. The first-order chi connectivity index (χ1) is 8.58. The summed E-state index contributed by atoms with van der Waals surface area (Å²) in [6.45, 7) is 1.90. The first kappa shape index (κ1) is 12.8. The first-order valence-corrected chi connectivity index (χ1v) is 6.95. The fraction of sp³-hybridized carbons (Fsp3) is 0.167. The van der Waals surface area contributed by atoms with Gasteiger partial charge in [0.05, 0.1) is 10.9 Å². The van der Waals surface area contributed by atoms with Gasteiger partial charge in [-0.25, -0.2) is 4.79 Å². The topological polar surface area (TPSA) is 66.4 Å². The summed E-state index contributed by atoms with van der Waals surface area (Å²) in [4.78, 5) is 24.3. The molecule has 0 aliphatic heterocycles. The minimum atomic E-state index is -1.01. The van der Waals surface area contributed by atoms with Gasteiger partial charge in [-0.2, -0.15) is 0 Å². The van der Waals surface area contributed by atoms with Crippen LogP contribution in [-0.2, 0) is 0 Å². The number of carboxylic acids is 1. The van der Waals surface area contributed by atoms with Gasteiger partial charge in [-0.15, -0.1) is 22.7 Å². The second-order valence-electron chi connectivity index (χ2n) is 3.68. The van der Waals surface area contributed by atoms with E-state index in [1.165, 1.54) is 12.1 Å². The molecule has 0 spiro atoms. The molecule has 0 saturated carbocycles. The lowest BCUT2D eigenvalue weighted by molar-refractivity contribution is 0.0702. The van der Waals surface area contributed by atoms with Gasteiger partial charge in [0.25, 0.3) is 5.91 Å². The van der Waals surface area contributed by atoms with E-state index in [0.29, 0.717) is 4.88 Å². The van der Waals surface area contributed by atoms with Crippen LogP contribution in [0, 0.1) is 0 Å². The number of amides is 1. The third kappa shape index (κ3) is 2.77. The molecule has 1 atom stereocenters. The predicted octanol–water partition coefficient (Wildman–Crippen LogP) is 3.00. The zero-order valence-electron chi connectivity index (χ0n) is 9.54. The molecule has 0 aliphatic rings. The highest BCUT2D eigenvalue weighted by Gasteiger charge is 2.15. The molecule has 1 unspecified atom stereocenters. The Morgan fingerprint density at radius 2 is 2.00 bits per heavy atom. The molecule has 0 aliphatic carbocycles. The van der Waals surface area contributed by atoms with E-state index >= 15 is 0 Å². The molecule has 2 aromatic heterocycles. The van der Waals surface area contributed by atoms with Crippen molar-refractivity contribution in [3.05, 3.63) is 44.3 Å². The fourth-order valence-corrected chi connectivity index (χ4v) is 2.93. The molecule has 0 radical (unpaired) electrons. The van der Waals surface area contributed by atoms with E-state index in [9.17, 15) is 9.59 Å². The smallest absolute Gasteiger partial charge is 0.345 e. The number of carbonyl (C=O) groups is 2. The maximum atomic E-state index is 11.9. The Kier molecular flexibility index (Phi) is 3.78. The fourth-order valence-electron chi connectivity index (χ4n) is 1.45. The van der Waals surface area contributed by atoms with E-state index < -0.39 is 5.97 Å². The quantitative estimate of drug-likeness (QED) is 0.905. The summed E-state index contributed by atoms with van der Waals surface area (Å²) in [5.74, 6) is -1.25. The normalized spacial score (nSPS) is 12.1. The highest BCUT2D eigenvalue weighted by molar-refractivity contribution is 7.15. The summed E-state index contributed by atoms with van der Waals surface area (Å²) in [7, 11) is 0. The number of hydrogen-bond acceptors (Lipinski definition) is 4. The van der Waals surface area contributed by atoms with Crippen LogP contribution in [0.4, 0.5) is 0 Å². The number of rotatable bonds is 4. The number of nitrogens with one attached hydrogen (secondary N) is 1. The number of carboxylic acid groups (broad SMARTS) is 1. The van der Waals surface area contributed by atoms with Gasteiger partial charge in [-0.1, -0.05) is 6.07 Å². The summed E-state index contributed by atoms with van der Waals surface area (Å²) >= 11 is 2.55. The van der Waals surface area contributed by atoms with E-state index in [0.717, 1.165) is 16.2 Å². The minimum absolute atomic E-state index is 0.0760. The summed E-state index contributed by atoms with van der Waals surface area (Å²) in [6.07, 6.45) is 0. The van der Waals surface area contributed by atoms with Crippen molar-refractivity contribution in [2.45, 2.75) is 13.0 Å². The van der Waals surface area contributed by atoms with Crippen LogP contribution in [-0.4, -0.2) is 17.0 Å². The van der Waals surface area contributed by atoms with Gasteiger partial charge in [0, 0.05) is 4.88 Å². The molecule has 2 aromatic rings. The lowest BCUT2D eigenvalue weighted by Gasteiger charge is -2.10. The maximum absolute atomic E-state index is 11.9. The maximum Gasteiger partial charge on any atom is 0.345 e. The van der Waals surface area contributed by atoms with Crippen molar-refractivity contribution in [3.8, 4) is 0 Å². The van der Waals surface area contributed by atoms with Crippen LogP contribution in [0.3, 0.4) is 0 Å². The zero-order valence-corrected chi connectivity index (χ0v) is 11.2. The standard InChI is InChI=1S/C12H11NO3S2/c1-7(8-3-2-6-17-8)13-11(14)9-4-5-10(18-9)12(15)16/h2-7H,1H3,(H,13,14)(H,15,16). The highest BCUT2D eigenvalue weighted by Crippen LogP contribution is 2.21. The van der Waals surface area contributed by atoms with E-state index in [-0.39, 0.29) is 16.8 Å². The van der Waals surface area contributed by atoms with Crippen LogP contribution < -0.4 is 5.32 Å². The second-order valence-corrected chi connectivity index (χ2v) is 5.74. The molecule has 6 heteroatoms. The first-order valence-electron chi connectivity index (χ1n) is 5.25. The molecule has 0 aromatic carbocycles. The molecule has 2 N–H and O–H groups in total. The summed E-state index contributed by atoms with van der Waals surface area (Å²) in [5, 5.41) is 13.6. The number of carbonyl (C=O) groups excluding carboxylic acids is 1. The lowest BCUT2D eigenvalue weighted by atomic mass is 10.2. The van der Waals surface area contributed by atoms with E-state index in [4.69, 9.17) is 5.11 Å². The van der Waals surface area contributed by atoms with Crippen LogP contribution >= 0.6 is 22.7 Å². The Morgan fingerprint density at radius 3 is 2.56 bits per heavy atom. The van der Waals surface area contributed by atoms with Crippen LogP contribution in [0.5, 0.6) is 0 Å². The molecule has 1 amide bonds. The highest BCUT2D eigenvalue weighted by atomic mass is 32.1.